The van der Waals surface area contributed by atoms with E-state index in [1.807, 2.05) is 13.8 Å². The highest BCUT2D eigenvalue weighted by molar-refractivity contribution is 8.15. The minimum Gasteiger partial charge on any atom is -0.326 e. The first-order valence-corrected chi connectivity index (χ1v) is 9.57. The molecule has 0 aromatic heterocycles. The van der Waals surface area contributed by atoms with Crippen LogP contribution in [0.1, 0.15) is 20.3 Å². The number of halogens is 2. The van der Waals surface area contributed by atoms with Crippen LogP contribution < -0.4 is 5.32 Å². The number of hydrogen-bond donors (Lipinski definition) is 1. The lowest BCUT2D eigenvalue weighted by atomic mass is 10.2. The number of amidine groups is 1. The van der Waals surface area contributed by atoms with Crippen molar-refractivity contribution in [2.45, 2.75) is 36.2 Å². The van der Waals surface area contributed by atoms with Crippen molar-refractivity contribution in [2.75, 3.05) is 18.4 Å². The predicted octanol–water partition coefficient (Wildman–Crippen LogP) is 3.67. The van der Waals surface area contributed by atoms with E-state index < -0.39 is 11.0 Å². The Morgan fingerprint density at radius 3 is 2.60 bits per heavy atom. The highest BCUT2D eigenvalue weighted by Gasteiger charge is 2.37. The van der Waals surface area contributed by atoms with Crippen LogP contribution in [0.5, 0.6) is 0 Å². The number of benzene rings is 1. The molecule has 1 aliphatic rings. The third-order valence-corrected chi connectivity index (χ3v) is 5.30. The van der Waals surface area contributed by atoms with Gasteiger partial charge in [0.15, 0.2) is 5.17 Å². The molecule has 0 radical (unpaired) electrons. The SMILES string of the molecule is CCN=C1S[C@@H](CC(=O)Nc2ccc(SC(F)F)cc2)C(=O)N1CC. The van der Waals surface area contributed by atoms with E-state index in [1.54, 1.807) is 17.0 Å². The highest BCUT2D eigenvalue weighted by atomic mass is 32.2. The van der Waals surface area contributed by atoms with Gasteiger partial charge in [-0.1, -0.05) is 23.5 Å². The molecular formula is C16H19F2N3O2S2. The molecule has 25 heavy (non-hydrogen) atoms. The molecule has 2 rings (SSSR count). The lowest BCUT2D eigenvalue weighted by Gasteiger charge is -2.13. The molecule has 1 aromatic rings. The molecule has 1 aliphatic heterocycles. The average Bonchev–Trinajstić information content (AvgIpc) is 2.84. The Labute approximate surface area is 153 Å². The van der Waals surface area contributed by atoms with Gasteiger partial charge in [0.2, 0.25) is 11.8 Å². The molecule has 1 aromatic carbocycles. The fourth-order valence-corrected chi connectivity index (χ4v) is 4.05. The Morgan fingerprint density at radius 2 is 2.04 bits per heavy atom. The molecule has 2 amide bonds. The van der Waals surface area contributed by atoms with Gasteiger partial charge in [0.05, 0.1) is 0 Å². The van der Waals surface area contributed by atoms with Crippen LogP contribution in [0.25, 0.3) is 0 Å². The fraction of sp³-hybridized carbons (Fsp3) is 0.438. The Bertz CT molecular complexity index is 653. The quantitative estimate of drug-likeness (QED) is 0.725. The normalized spacial score (nSPS) is 19.1. The number of carbonyl (C=O) groups excluding carboxylic acids is 2. The summed E-state index contributed by atoms with van der Waals surface area (Å²) in [5, 5.41) is 2.86. The van der Waals surface area contributed by atoms with Gasteiger partial charge in [0.25, 0.3) is 5.76 Å². The number of hydrogen-bond acceptors (Lipinski definition) is 5. The molecule has 0 saturated carbocycles. The third-order valence-electron chi connectivity index (χ3n) is 3.36. The van der Waals surface area contributed by atoms with Crippen molar-refractivity contribution in [2.24, 2.45) is 4.99 Å². The zero-order chi connectivity index (χ0) is 18.4. The first-order valence-electron chi connectivity index (χ1n) is 7.81. The van der Waals surface area contributed by atoms with Crippen LogP contribution in [0.2, 0.25) is 0 Å². The summed E-state index contributed by atoms with van der Waals surface area (Å²) >= 11 is 1.75. The summed E-state index contributed by atoms with van der Waals surface area (Å²) < 4.78 is 24.6. The average molecular weight is 387 g/mol. The van der Waals surface area contributed by atoms with Gasteiger partial charge in [-0.05, 0) is 38.1 Å². The second-order valence-corrected chi connectivity index (χ2v) is 7.33. The zero-order valence-corrected chi connectivity index (χ0v) is 15.5. The Hall–Kier alpha value is -1.61. The van der Waals surface area contributed by atoms with Crippen molar-refractivity contribution in [3.8, 4) is 0 Å². The minimum absolute atomic E-state index is 0.0380. The van der Waals surface area contributed by atoms with Crippen LogP contribution in [0.15, 0.2) is 34.2 Å². The van der Waals surface area contributed by atoms with E-state index in [0.717, 1.165) is 0 Å². The second kappa shape index (κ2) is 9.19. The summed E-state index contributed by atoms with van der Waals surface area (Å²) in [7, 11) is 0. The molecule has 5 nitrogen and oxygen atoms in total. The number of carbonyl (C=O) groups is 2. The Balaban J connectivity index is 1.94. The van der Waals surface area contributed by atoms with E-state index in [2.05, 4.69) is 10.3 Å². The standard InChI is InChI=1S/C16H19F2N3O2S2/c1-3-19-16-21(4-2)14(23)12(25-16)9-13(22)20-10-5-7-11(8-6-10)24-15(17)18/h5-8,12,15H,3-4,9H2,1-2H3,(H,20,22)/t12-/m0/s1. The largest absolute Gasteiger partial charge is 0.326 e. The predicted molar refractivity (Wildman–Crippen MR) is 98.3 cm³/mol. The minimum atomic E-state index is -2.48. The Kier molecular flexibility index (Phi) is 7.24. The van der Waals surface area contributed by atoms with Gasteiger partial charge in [-0.25, -0.2) is 0 Å². The molecule has 136 valence electrons. The monoisotopic (exact) mass is 387 g/mol. The summed E-state index contributed by atoms with van der Waals surface area (Å²) in [5.41, 5.74) is 0.508. The lowest BCUT2D eigenvalue weighted by molar-refractivity contribution is -0.128. The molecule has 0 bridgehead atoms. The first kappa shape index (κ1) is 19.7. The number of thioether (sulfide) groups is 2. The second-order valence-electron chi connectivity index (χ2n) is 5.10. The van der Waals surface area contributed by atoms with E-state index in [1.165, 1.54) is 23.9 Å². The van der Waals surface area contributed by atoms with Crippen LogP contribution in [0, 0.1) is 0 Å². The van der Waals surface area contributed by atoms with Crippen molar-refractivity contribution < 1.29 is 18.4 Å². The first-order chi connectivity index (χ1) is 11.9. The summed E-state index contributed by atoms with van der Waals surface area (Å²) in [6, 6.07) is 6.17. The van der Waals surface area contributed by atoms with Gasteiger partial charge in [0.1, 0.15) is 5.25 Å². The number of aliphatic imine (C=N–C) groups is 1. The summed E-state index contributed by atoms with van der Waals surface area (Å²) in [5.74, 6) is -2.89. The summed E-state index contributed by atoms with van der Waals surface area (Å²) in [6.45, 7) is 4.85. The summed E-state index contributed by atoms with van der Waals surface area (Å²) in [4.78, 5) is 30.8. The summed E-state index contributed by atoms with van der Waals surface area (Å²) in [6.07, 6.45) is 0.0380. The molecule has 0 spiro atoms. The fourth-order valence-electron chi connectivity index (χ4n) is 2.29. The number of amides is 2. The van der Waals surface area contributed by atoms with Gasteiger partial charge < -0.3 is 5.32 Å². The molecule has 1 fully saturated rings. The highest BCUT2D eigenvalue weighted by Crippen LogP contribution is 2.30. The molecule has 0 unspecified atom stereocenters. The maximum Gasteiger partial charge on any atom is 0.288 e. The molecule has 1 heterocycles. The van der Waals surface area contributed by atoms with Crippen molar-refractivity contribution in [1.82, 2.24) is 4.90 Å². The number of alkyl halides is 2. The van der Waals surface area contributed by atoms with Crippen LogP contribution in [-0.2, 0) is 9.59 Å². The van der Waals surface area contributed by atoms with E-state index in [0.29, 0.717) is 40.6 Å². The smallest absolute Gasteiger partial charge is 0.288 e. The number of anilines is 1. The van der Waals surface area contributed by atoms with Crippen molar-refractivity contribution in [3.05, 3.63) is 24.3 Å². The van der Waals surface area contributed by atoms with Crippen LogP contribution in [-0.4, -0.2) is 46.0 Å². The van der Waals surface area contributed by atoms with Gasteiger partial charge in [-0.3, -0.25) is 19.5 Å². The van der Waals surface area contributed by atoms with Gasteiger partial charge in [0, 0.05) is 30.1 Å². The van der Waals surface area contributed by atoms with Gasteiger partial charge in [-0.15, -0.1) is 0 Å². The van der Waals surface area contributed by atoms with E-state index in [4.69, 9.17) is 0 Å². The van der Waals surface area contributed by atoms with E-state index in [9.17, 15) is 18.4 Å². The maximum atomic E-state index is 12.3. The van der Waals surface area contributed by atoms with E-state index in [-0.39, 0.29) is 18.2 Å². The van der Waals surface area contributed by atoms with Crippen LogP contribution >= 0.6 is 23.5 Å². The zero-order valence-electron chi connectivity index (χ0n) is 13.9. The molecule has 1 atom stereocenters. The van der Waals surface area contributed by atoms with Gasteiger partial charge >= 0.3 is 0 Å². The van der Waals surface area contributed by atoms with E-state index >= 15 is 0 Å². The molecule has 1 N–H and O–H groups in total. The molecule has 0 aliphatic carbocycles. The lowest BCUT2D eigenvalue weighted by Crippen LogP contribution is -2.33. The number of rotatable bonds is 7. The Morgan fingerprint density at radius 1 is 1.36 bits per heavy atom. The van der Waals surface area contributed by atoms with Crippen LogP contribution in [0.3, 0.4) is 0 Å². The number of nitrogens with zero attached hydrogens (tertiary/aromatic N) is 2. The number of nitrogens with one attached hydrogen (secondary N) is 1. The third kappa shape index (κ3) is 5.43. The van der Waals surface area contributed by atoms with Gasteiger partial charge in [-0.2, -0.15) is 8.78 Å². The molecule has 9 heteroatoms. The molecule has 1 saturated heterocycles. The maximum absolute atomic E-state index is 12.3. The van der Waals surface area contributed by atoms with Crippen molar-refractivity contribution in [1.29, 1.82) is 0 Å². The van der Waals surface area contributed by atoms with Crippen molar-refractivity contribution in [3.63, 3.8) is 0 Å². The van der Waals surface area contributed by atoms with Crippen LogP contribution in [0.4, 0.5) is 14.5 Å². The topological polar surface area (TPSA) is 61.8 Å². The van der Waals surface area contributed by atoms with Crippen molar-refractivity contribution >= 4 is 46.2 Å². The molecular weight excluding hydrogens is 368 g/mol.